The molecule has 1 atom stereocenters. The summed E-state index contributed by atoms with van der Waals surface area (Å²) in [5.74, 6) is -0.605. The predicted octanol–water partition coefficient (Wildman–Crippen LogP) is 4.40. The van der Waals surface area contributed by atoms with E-state index in [0.29, 0.717) is 23.3 Å². The minimum Gasteiger partial charge on any atom is -0.362 e. The number of ketones is 1. The van der Waals surface area contributed by atoms with Gasteiger partial charge in [0, 0.05) is 40.6 Å². The Kier molecular flexibility index (Phi) is 5.42. The topological polar surface area (TPSA) is 90.5 Å². The number of anilines is 2. The average Bonchev–Trinajstić information content (AvgIpc) is 2.74. The first-order valence-electron chi connectivity index (χ1n) is 10.1. The molecule has 6 nitrogen and oxygen atoms in total. The van der Waals surface area contributed by atoms with Crippen LogP contribution in [0, 0.1) is 6.92 Å². The van der Waals surface area contributed by atoms with E-state index in [1.54, 1.807) is 12.1 Å². The van der Waals surface area contributed by atoms with Crippen molar-refractivity contribution in [3.63, 3.8) is 0 Å². The molecule has 1 aliphatic heterocycles. The highest BCUT2D eigenvalue weighted by Gasteiger charge is 2.38. The molecule has 4 rings (SSSR count). The van der Waals surface area contributed by atoms with E-state index in [2.05, 4.69) is 16.1 Å². The Bertz CT molecular complexity index is 1070. The zero-order chi connectivity index (χ0) is 21.3. The molecule has 1 heterocycles. The van der Waals surface area contributed by atoms with Crippen LogP contribution in [0.2, 0.25) is 0 Å². The maximum absolute atomic E-state index is 13.4. The number of hydrogen-bond donors (Lipinski definition) is 4. The van der Waals surface area contributed by atoms with Gasteiger partial charge in [-0.1, -0.05) is 30.3 Å². The van der Waals surface area contributed by atoms with Crippen LogP contribution in [0.1, 0.15) is 43.2 Å². The largest absolute Gasteiger partial charge is 0.362 e. The van der Waals surface area contributed by atoms with Gasteiger partial charge in [0.05, 0.1) is 5.69 Å². The fourth-order valence-electron chi connectivity index (χ4n) is 4.27. The number of hydrogen-bond acceptors (Lipinski definition) is 5. The van der Waals surface area contributed by atoms with Crippen LogP contribution < -0.4 is 16.1 Å². The van der Waals surface area contributed by atoms with Crippen molar-refractivity contribution in [2.75, 3.05) is 10.8 Å². The van der Waals surface area contributed by atoms with Crippen LogP contribution in [-0.4, -0.2) is 16.9 Å². The molecule has 2 aromatic rings. The summed E-state index contributed by atoms with van der Waals surface area (Å²) in [7, 11) is 0. The average molecular weight is 403 g/mol. The van der Waals surface area contributed by atoms with Crippen LogP contribution in [0.3, 0.4) is 0 Å². The molecule has 30 heavy (non-hydrogen) atoms. The molecule has 0 spiro atoms. The number of carbonyl (C=O) groups is 2. The third kappa shape index (κ3) is 3.62. The zero-order valence-electron chi connectivity index (χ0n) is 17.1. The van der Waals surface area contributed by atoms with E-state index in [1.165, 1.54) is 0 Å². The molecule has 1 amide bonds. The van der Waals surface area contributed by atoms with Crippen molar-refractivity contribution < 1.29 is 14.8 Å². The first kappa shape index (κ1) is 19.9. The van der Waals surface area contributed by atoms with Gasteiger partial charge in [0.15, 0.2) is 5.78 Å². The molecule has 1 aliphatic carbocycles. The van der Waals surface area contributed by atoms with Crippen LogP contribution in [0.5, 0.6) is 0 Å². The number of rotatable bonds is 4. The van der Waals surface area contributed by atoms with Crippen molar-refractivity contribution in [1.82, 2.24) is 5.32 Å². The summed E-state index contributed by atoms with van der Waals surface area (Å²) in [5.41, 5.74) is 8.09. The molecule has 0 saturated heterocycles. The summed E-state index contributed by atoms with van der Waals surface area (Å²) >= 11 is 0. The Morgan fingerprint density at radius 1 is 1.07 bits per heavy atom. The summed E-state index contributed by atoms with van der Waals surface area (Å²) in [4.78, 5) is 26.3. The molecule has 6 heteroatoms. The van der Waals surface area contributed by atoms with Gasteiger partial charge in [-0.3, -0.25) is 20.3 Å². The molecular weight excluding hydrogens is 378 g/mol. The Balaban J connectivity index is 1.79. The molecule has 2 aromatic carbocycles. The van der Waals surface area contributed by atoms with Crippen molar-refractivity contribution >= 4 is 23.1 Å². The third-order valence-corrected chi connectivity index (χ3v) is 5.79. The Morgan fingerprint density at radius 2 is 1.80 bits per heavy atom. The number of dihydropyridines is 1. The van der Waals surface area contributed by atoms with E-state index < -0.39 is 5.92 Å². The zero-order valence-corrected chi connectivity index (χ0v) is 17.1. The van der Waals surface area contributed by atoms with E-state index in [9.17, 15) is 9.59 Å². The Hall–Kier alpha value is -3.38. The lowest BCUT2D eigenvalue weighted by molar-refractivity contribution is -0.116. The van der Waals surface area contributed by atoms with Crippen molar-refractivity contribution in [3.8, 4) is 0 Å². The molecule has 0 radical (unpaired) electrons. The lowest BCUT2D eigenvalue weighted by atomic mass is 9.75. The minimum absolute atomic E-state index is 0.0757. The second-order valence-electron chi connectivity index (χ2n) is 7.77. The monoisotopic (exact) mass is 403 g/mol. The van der Waals surface area contributed by atoms with Crippen LogP contribution in [0.4, 0.5) is 11.4 Å². The van der Waals surface area contributed by atoms with Crippen LogP contribution >= 0.6 is 0 Å². The van der Waals surface area contributed by atoms with Gasteiger partial charge in [-0.05, 0) is 56.0 Å². The standard InChI is InChI=1S/C24H25N3O3/c1-14-6-3-4-7-18(14)26-24(29)21-15(2)25-19-8-5-9-20(28)23(19)22(21)16-10-12-17(27-30)13-11-16/h3-4,6-7,10-13,22,25,27,30H,5,8-9H2,1-2H3,(H,26,29). The van der Waals surface area contributed by atoms with Crippen molar-refractivity contribution in [1.29, 1.82) is 0 Å². The van der Waals surface area contributed by atoms with Gasteiger partial charge in [0.1, 0.15) is 0 Å². The fourth-order valence-corrected chi connectivity index (χ4v) is 4.27. The van der Waals surface area contributed by atoms with Crippen molar-refractivity contribution in [2.24, 2.45) is 0 Å². The summed E-state index contributed by atoms with van der Waals surface area (Å²) in [6, 6.07) is 14.8. The summed E-state index contributed by atoms with van der Waals surface area (Å²) < 4.78 is 0. The Labute approximate surface area is 175 Å². The number of amides is 1. The minimum atomic E-state index is -0.453. The molecular formula is C24H25N3O3. The molecule has 1 unspecified atom stereocenters. The third-order valence-electron chi connectivity index (χ3n) is 5.79. The molecule has 0 bridgehead atoms. The van der Waals surface area contributed by atoms with Gasteiger partial charge < -0.3 is 10.6 Å². The number of carbonyl (C=O) groups excluding carboxylic acids is 2. The Morgan fingerprint density at radius 3 is 2.50 bits per heavy atom. The second kappa shape index (κ2) is 8.16. The van der Waals surface area contributed by atoms with Gasteiger partial charge in [0.25, 0.3) is 5.91 Å². The van der Waals surface area contributed by atoms with Crippen LogP contribution in [0.15, 0.2) is 71.1 Å². The molecule has 0 saturated carbocycles. The van der Waals surface area contributed by atoms with E-state index in [0.717, 1.165) is 41.1 Å². The normalized spacial score (nSPS) is 18.6. The predicted molar refractivity (Wildman–Crippen MR) is 116 cm³/mol. The van der Waals surface area contributed by atoms with E-state index >= 15 is 0 Å². The maximum Gasteiger partial charge on any atom is 0.254 e. The fraction of sp³-hybridized carbons (Fsp3) is 0.250. The first-order valence-corrected chi connectivity index (χ1v) is 10.1. The van der Waals surface area contributed by atoms with E-state index in [4.69, 9.17) is 5.21 Å². The smallest absolute Gasteiger partial charge is 0.254 e. The number of Topliss-reactive ketones (excluding diaryl/α,β-unsaturated/α-hetero) is 1. The van der Waals surface area contributed by atoms with Gasteiger partial charge in [-0.15, -0.1) is 0 Å². The van der Waals surface area contributed by atoms with E-state index in [-0.39, 0.29) is 11.7 Å². The second-order valence-corrected chi connectivity index (χ2v) is 7.77. The highest BCUT2D eigenvalue weighted by molar-refractivity contribution is 6.10. The summed E-state index contributed by atoms with van der Waals surface area (Å²) in [6.45, 7) is 3.83. The van der Waals surface area contributed by atoms with Gasteiger partial charge in [-0.25, -0.2) is 0 Å². The quantitative estimate of drug-likeness (QED) is 0.568. The number of aryl methyl sites for hydroxylation is 1. The number of benzene rings is 2. The van der Waals surface area contributed by atoms with Crippen molar-refractivity contribution in [3.05, 3.63) is 82.2 Å². The number of nitrogens with one attached hydrogen (secondary N) is 3. The maximum atomic E-state index is 13.4. The van der Waals surface area contributed by atoms with Gasteiger partial charge >= 0.3 is 0 Å². The van der Waals surface area contributed by atoms with Gasteiger partial charge in [0.2, 0.25) is 0 Å². The number of para-hydroxylation sites is 1. The first-order chi connectivity index (χ1) is 14.5. The molecule has 0 aromatic heterocycles. The van der Waals surface area contributed by atoms with Crippen LogP contribution in [0.25, 0.3) is 0 Å². The lowest BCUT2D eigenvalue weighted by Gasteiger charge is -2.34. The molecule has 4 N–H and O–H groups in total. The molecule has 2 aliphatic rings. The lowest BCUT2D eigenvalue weighted by Crippen LogP contribution is -2.35. The van der Waals surface area contributed by atoms with Crippen LogP contribution in [-0.2, 0) is 9.59 Å². The van der Waals surface area contributed by atoms with E-state index in [1.807, 2.05) is 50.2 Å². The summed E-state index contributed by atoms with van der Waals surface area (Å²) in [6.07, 6.45) is 2.08. The molecule has 154 valence electrons. The van der Waals surface area contributed by atoms with Gasteiger partial charge in [-0.2, -0.15) is 0 Å². The highest BCUT2D eigenvalue weighted by Crippen LogP contribution is 2.42. The highest BCUT2D eigenvalue weighted by atomic mass is 16.5. The number of allylic oxidation sites excluding steroid dienone is 3. The SMILES string of the molecule is CC1=C(C(=O)Nc2ccccc2C)C(c2ccc(NO)cc2)C2=C(CCCC2=O)N1. The summed E-state index contributed by atoms with van der Waals surface area (Å²) in [5, 5.41) is 15.5. The molecule has 0 fully saturated rings. The van der Waals surface area contributed by atoms with Crippen molar-refractivity contribution in [2.45, 2.75) is 39.0 Å².